The number of likely N-dealkylation sites (tertiary alicyclic amines) is 1. The minimum atomic E-state index is -0.711. The van der Waals surface area contributed by atoms with E-state index in [0.29, 0.717) is 19.0 Å². The van der Waals surface area contributed by atoms with Gasteiger partial charge >= 0.3 is 6.03 Å². The van der Waals surface area contributed by atoms with Crippen molar-refractivity contribution in [2.45, 2.75) is 57.5 Å². The summed E-state index contributed by atoms with van der Waals surface area (Å²) >= 11 is 0. The van der Waals surface area contributed by atoms with Crippen LogP contribution in [0.3, 0.4) is 0 Å². The number of hydrogen-bond donors (Lipinski definition) is 3. The lowest BCUT2D eigenvalue weighted by Gasteiger charge is -2.35. The van der Waals surface area contributed by atoms with Crippen molar-refractivity contribution < 1.29 is 9.59 Å². The van der Waals surface area contributed by atoms with Gasteiger partial charge < -0.3 is 21.3 Å². The van der Waals surface area contributed by atoms with Gasteiger partial charge in [0.05, 0.1) is 0 Å². The molecule has 4 N–H and O–H groups in total. The fourth-order valence-electron chi connectivity index (χ4n) is 3.66. The van der Waals surface area contributed by atoms with E-state index in [0.717, 1.165) is 38.6 Å². The highest BCUT2D eigenvalue weighted by atomic mass is 35.5. The first kappa shape index (κ1) is 19.0. The third kappa shape index (κ3) is 3.84. The molecule has 0 spiro atoms. The van der Waals surface area contributed by atoms with Crippen LogP contribution in [0.2, 0.25) is 0 Å². The number of amides is 3. The highest BCUT2D eigenvalue weighted by molar-refractivity contribution is 5.91. The minimum absolute atomic E-state index is 0. The molecule has 0 aromatic rings. The van der Waals surface area contributed by atoms with Crippen LogP contribution in [-0.4, -0.2) is 48.1 Å². The van der Waals surface area contributed by atoms with Crippen molar-refractivity contribution in [1.29, 1.82) is 0 Å². The highest BCUT2D eigenvalue weighted by Gasteiger charge is 2.47. The Hall–Kier alpha value is -1.01. The third-order valence-electron chi connectivity index (χ3n) is 4.81. The van der Waals surface area contributed by atoms with Crippen molar-refractivity contribution in [3.8, 4) is 0 Å². The molecule has 1 saturated carbocycles. The van der Waals surface area contributed by atoms with Gasteiger partial charge in [0.25, 0.3) is 0 Å². The lowest BCUT2D eigenvalue weighted by molar-refractivity contribution is -0.138. The molecule has 22 heavy (non-hydrogen) atoms. The molecule has 3 amide bonds. The Morgan fingerprint density at radius 2 is 1.95 bits per heavy atom. The normalized spacial score (nSPS) is 26.4. The number of carbonyl (C=O) groups is 2. The number of rotatable bonds is 4. The molecule has 1 aliphatic heterocycles. The van der Waals surface area contributed by atoms with Gasteiger partial charge in [0, 0.05) is 19.1 Å². The second kappa shape index (κ2) is 8.02. The molecule has 6 nitrogen and oxygen atoms in total. The number of nitrogens with two attached hydrogens (primary N) is 1. The Kier molecular flexibility index (Phi) is 6.94. The zero-order valence-electron chi connectivity index (χ0n) is 13.6. The summed E-state index contributed by atoms with van der Waals surface area (Å²) in [5.41, 5.74) is 5.04. The predicted octanol–water partition coefficient (Wildman–Crippen LogP) is 1.24. The molecular weight excluding hydrogens is 304 g/mol. The lowest BCUT2D eigenvalue weighted by Crippen LogP contribution is -2.60. The number of urea groups is 1. The maximum Gasteiger partial charge on any atom is 0.315 e. The first-order valence-corrected chi connectivity index (χ1v) is 8.09. The number of halogens is 1. The molecule has 1 aliphatic carbocycles. The van der Waals surface area contributed by atoms with Gasteiger partial charge in [0.15, 0.2) is 0 Å². The Labute approximate surface area is 139 Å². The number of nitrogens with zero attached hydrogens (tertiary/aromatic N) is 1. The van der Waals surface area contributed by atoms with Crippen molar-refractivity contribution >= 4 is 24.3 Å². The first-order valence-electron chi connectivity index (χ1n) is 8.09. The molecule has 0 radical (unpaired) electrons. The lowest BCUT2D eigenvalue weighted by atomic mass is 9.95. The summed E-state index contributed by atoms with van der Waals surface area (Å²) in [6.45, 7) is 5.84. The quantitative estimate of drug-likeness (QED) is 0.723. The van der Waals surface area contributed by atoms with E-state index in [1.807, 2.05) is 11.8 Å². The van der Waals surface area contributed by atoms with E-state index in [4.69, 9.17) is 5.73 Å². The average Bonchev–Trinajstić information content (AvgIpc) is 3.05. The van der Waals surface area contributed by atoms with E-state index in [1.54, 1.807) is 0 Å². The monoisotopic (exact) mass is 332 g/mol. The van der Waals surface area contributed by atoms with Crippen LogP contribution in [0.4, 0.5) is 4.79 Å². The third-order valence-corrected chi connectivity index (χ3v) is 4.81. The molecule has 7 heteroatoms. The van der Waals surface area contributed by atoms with E-state index in [9.17, 15) is 9.59 Å². The smallest absolute Gasteiger partial charge is 0.315 e. The molecule has 1 heterocycles. The molecule has 0 aromatic heterocycles. The molecule has 128 valence electrons. The van der Waals surface area contributed by atoms with Crippen LogP contribution in [0.15, 0.2) is 0 Å². The average molecular weight is 333 g/mol. The largest absolute Gasteiger partial charge is 0.338 e. The topological polar surface area (TPSA) is 87.5 Å². The van der Waals surface area contributed by atoms with Crippen molar-refractivity contribution in [2.75, 3.05) is 19.6 Å². The van der Waals surface area contributed by atoms with E-state index in [-0.39, 0.29) is 30.4 Å². The Morgan fingerprint density at radius 1 is 1.32 bits per heavy atom. The molecule has 2 aliphatic rings. The molecule has 2 unspecified atom stereocenters. The summed E-state index contributed by atoms with van der Waals surface area (Å²) < 4.78 is 0. The van der Waals surface area contributed by atoms with Crippen LogP contribution in [0.5, 0.6) is 0 Å². The summed E-state index contributed by atoms with van der Waals surface area (Å²) in [7, 11) is 0. The van der Waals surface area contributed by atoms with Gasteiger partial charge in [-0.05, 0) is 45.6 Å². The second-order valence-electron chi connectivity index (χ2n) is 6.42. The fraction of sp³-hybridized carbons (Fsp3) is 0.867. The van der Waals surface area contributed by atoms with Crippen molar-refractivity contribution in [1.82, 2.24) is 15.5 Å². The predicted molar refractivity (Wildman–Crippen MR) is 89.0 cm³/mol. The summed E-state index contributed by atoms with van der Waals surface area (Å²) in [6, 6.07) is -0.0328. The van der Waals surface area contributed by atoms with Crippen LogP contribution < -0.4 is 16.4 Å². The SMILES string of the molecule is CCNC(=O)NC1(C(=O)N2CC(CN)CC2C)CCCC1.Cl. The highest BCUT2D eigenvalue weighted by Crippen LogP contribution is 2.34. The summed E-state index contributed by atoms with van der Waals surface area (Å²) in [5, 5.41) is 5.68. The van der Waals surface area contributed by atoms with E-state index in [1.165, 1.54) is 0 Å². The van der Waals surface area contributed by atoms with Crippen LogP contribution in [-0.2, 0) is 4.79 Å². The van der Waals surface area contributed by atoms with Crippen LogP contribution >= 0.6 is 12.4 Å². The van der Waals surface area contributed by atoms with Gasteiger partial charge in [-0.1, -0.05) is 12.8 Å². The molecule has 2 atom stereocenters. The van der Waals surface area contributed by atoms with Crippen LogP contribution in [0.1, 0.15) is 46.0 Å². The molecule has 1 saturated heterocycles. The van der Waals surface area contributed by atoms with E-state index < -0.39 is 5.54 Å². The Balaban J connectivity index is 0.00000242. The standard InChI is InChI=1S/C15H28N4O2.ClH/c1-3-17-14(21)18-15(6-4-5-7-15)13(20)19-10-12(9-16)8-11(19)2;/h11-12H,3-10,16H2,1-2H3,(H2,17,18,21);1H. The van der Waals surface area contributed by atoms with Gasteiger partial charge in [-0.3, -0.25) is 4.79 Å². The molecular formula is C15H29ClN4O2. The molecule has 0 bridgehead atoms. The van der Waals surface area contributed by atoms with Gasteiger partial charge in [0.2, 0.25) is 5.91 Å². The summed E-state index contributed by atoms with van der Waals surface area (Å²) in [5.74, 6) is 0.460. The van der Waals surface area contributed by atoms with Gasteiger partial charge in [-0.2, -0.15) is 0 Å². The van der Waals surface area contributed by atoms with Gasteiger partial charge in [-0.25, -0.2) is 4.79 Å². The van der Waals surface area contributed by atoms with Gasteiger partial charge in [-0.15, -0.1) is 12.4 Å². The van der Waals surface area contributed by atoms with E-state index in [2.05, 4.69) is 17.6 Å². The summed E-state index contributed by atoms with van der Waals surface area (Å²) in [6.07, 6.45) is 4.40. The number of hydrogen-bond acceptors (Lipinski definition) is 3. The van der Waals surface area contributed by atoms with Crippen molar-refractivity contribution in [3.05, 3.63) is 0 Å². The number of carbonyl (C=O) groups excluding carboxylic acids is 2. The van der Waals surface area contributed by atoms with E-state index >= 15 is 0 Å². The first-order chi connectivity index (χ1) is 10.0. The fourth-order valence-corrected chi connectivity index (χ4v) is 3.66. The van der Waals surface area contributed by atoms with Crippen molar-refractivity contribution in [3.63, 3.8) is 0 Å². The van der Waals surface area contributed by atoms with Gasteiger partial charge in [0.1, 0.15) is 5.54 Å². The van der Waals surface area contributed by atoms with Crippen molar-refractivity contribution in [2.24, 2.45) is 11.7 Å². The minimum Gasteiger partial charge on any atom is -0.338 e. The second-order valence-corrected chi connectivity index (χ2v) is 6.42. The Morgan fingerprint density at radius 3 is 2.45 bits per heavy atom. The molecule has 2 fully saturated rings. The zero-order valence-corrected chi connectivity index (χ0v) is 14.4. The Bertz CT molecular complexity index is 399. The summed E-state index contributed by atoms with van der Waals surface area (Å²) in [4.78, 5) is 26.9. The van der Waals surface area contributed by atoms with Crippen LogP contribution in [0, 0.1) is 5.92 Å². The molecule has 2 rings (SSSR count). The maximum absolute atomic E-state index is 13.0. The number of nitrogens with one attached hydrogen (secondary N) is 2. The zero-order chi connectivity index (χ0) is 15.5. The maximum atomic E-state index is 13.0. The van der Waals surface area contributed by atoms with Crippen LogP contribution in [0.25, 0.3) is 0 Å². The molecule has 0 aromatic carbocycles.